The van der Waals surface area contributed by atoms with Gasteiger partial charge < -0.3 is 9.63 Å². The summed E-state index contributed by atoms with van der Waals surface area (Å²) in [4.78, 5) is 3.99. The summed E-state index contributed by atoms with van der Waals surface area (Å²) in [7, 11) is 0. The molecule has 154 valence electrons. The summed E-state index contributed by atoms with van der Waals surface area (Å²) < 4.78 is 45.0. The monoisotopic (exact) mass is 412 g/mol. The zero-order valence-corrected chi connectivity index (χ0v) is 16.1. The highest BCUT2D eigenvalue weighted by molar-refractivity contribution is 5.77. The molecule has 3 rings (SSSR count). The molecule has 7 heteroatoms. The van der Waals surface area contributed by atoms with Gasteiger partial charge in [0.1, 0.15) is 11.8 Å². The lowest BCUT2D eigenvalue weighted by atomic mass is 9.94. The number of hydrogen-bond acceptors (Lipinski definition) is 4. The lowest BCUT2D eigenvalue weighted by Gasteiger charge is -2.13. The minimum Gasteiger partial charge on any atom is -0.383 e. The molecule has 1 aromatic carbocycles. The maximum absolute atomic E-state index is 13.2. The van der Waals surface area contributed by atoms with Crippen molar-refractivity contribution in [3.63, 3.8) is 0 Å². The summed E-state index contributed by atoms with van der Waals surface area (Å²) in [5.74, 6) is 0.163. The number of alkyl halides is 3. The fourth-order valence-corrected chi connectivity index (χ4v) is 2.86. The van der Waals surface area contributed by atoms with Crippen molar-refractivity contribution in [3.05, 3.63) is 102 Å². The molecule has 2 aromatic heterocycles. The Bertz CT molecular complexity index is 1100. The molecule has 3 aromatic rings. The zero-order chi connectivity index (χ0) is 21.9. The van der Waals surface area contributed by atoms with Crippen LogP contribution >= 0.6 is 0 Å². The molecule has 1 atom stereocenters. The summed E-state index contributed by atoms with van der Waals surface area (Å²) in [5, 5.41) is 15.0. The molecule has 0 spiro atoms. The second kappa shape index (κ2) is 8.51. The first-order valence-electron chi connectivity index (χ1n) is 8.96. The first-order chi connectivity index (χ1) is 14.2. The van der Waals surface area contributed by atoms with Gasteiger partial charge in [-0.15, -0.1) is 0 Å². The van der Waals surface area contributed by atoms with Crippen LogP contribution in [0.3, 0.4) is 0 Å². The molecule has 2 heterocycles. The summed E-state index contributed by atoms with van der Waals surface area (Å²) in [6.45, 7) is 9.50. The quantitative estimate of drug-likeness (QED) is 0.506. The molecule has 0 saturated heterocycles. The Hall–Kier alpha value is -3.45. The van der Waals surface area contributed by atoms with E-state index in [2.05, 4.69) is 23.3 Å². The van der Waals surface area contributed by atoms with E-state index in [1.54, 1.807) is 37.4 Å². The average Bonchev–Trinajstić information content (AvgIpc) is 3.16. The number of aliphatic hydroxyl groups excluding tert-OH is 1. The SMILES string of the molecule is C=C(C)/C=C\C(=C)c1onc(-c2cccc(C(F)(F)F)c2)c1C(O)c1cccnc1. The van der Waals surface area contributed by atoms with Crippen molar-refractivity contribution < 1.29 is 22.8 Å². The van der Waals surface area contributed by atoms with Crippen molar-refractivity contribution in [2.24, 2.45) is 0 Å². The lowest BCUT2D eigenvalue weighted by Crippen LogP contribution is -2.06. The van der Waals surface area contributed by atoms with Gasteiger partial charge in [-0.2, -0.15) is 13.2 Å². The van der Waals surface area contributed by atoms with E-state index >= 15 is 0 Å². The van der Waals surface area contributed by atoms with E-state index in [1.165, 1.54) is 18.3 Å². The molecule has 0 fully saturated rings. The highest BCUT2D eigenvalue weighted by Gasteiger charge is 2.32. The molecule has 0 bridgehead atoms. The topological polar surface area (TPSA) is 59.2 Å². The third-order valence-electron chi connectivity index (χ3n) is 4.33. The summed E-state index contributed by atoms with van der Waals surface area (Å²) in [6, 6.07) is 7.98. The molecule has 0 saturated carbocycles. The zero-order valence-electron chi connectivity index (χ0n) is 16.1. The Morgan fingerprint density at radius 1 is 1.17 bits per heavy atom. The molecule has 0 aliphatic carbocycles. The van der Waals surface area contributed by atoms with E-state index in [-0.39, 0.29) is 22.6 Å². The number of rotatable bonds is 6. The largest absolute Gasteiger partial charge is 0.416 e. The van der Waals surface area contributed by atoms with Crippen LogP contribution in [-0.2, 0) is 6.18 Å². The minimum absolute atomic E-state index is 0.0947. The number of halogens is 3. The normalized spacial score (nSPS) is 12.8. The van der Waals surface area contributed by atoms with Gasteiger partial charge in [-0.05, 0) is 25.1 Å². The van der Waals surface area contributed by atoms with Crippen LogP contribution < -0.4 is 0 Å². The van der Waals surface area contributed by atoms with Crippen LogP contribution in [0.5, 0.6) is 0 Å². The molecule has 1 unspecified atom stereocenters. The summed E-state index contributed by atoms with van der Waals surface area (Å²) in [6.07, 6.45) is 0.599. The van der Waals surface area contributed by atoms with Gasteiger partial charge in [0, 0.05) is 29.1 Å². The second-order valence-electron chi connectivity index (χ2n) is 6.75. The highest BCUT2D eigenvalue weighted by atomic mass is 19.4. The molecular weight excluding hydrogens is 393 g/mol. The van der Waals surface area contributed by atoms with Crippen LogP contribution in [0, 0.1) is 0 Å². The van der Waals surface area contributed by atoms with Crippen LogP contribution in [0.2, 0.25) is 0 Å². The number of aromatic nitrogens is 2. The van der Waals surface area contributed by atoms with Crippen molar-refractivity contribution in [3.8, 4) is 11.3 Å². The molecule has 0 amide bonds. The highest BCUT2D eigenvalue weighted by Crippen LogP contribution is 2.39. The van der Waals surface area contributed by atoms with E-state index in [1.807, 2.05) is 0 Å². The van der Waals surface area contributed by atoms with Gasteiger partial charge >= 0.3 is 6.18 Å². The molecule has 0 aliphatic heterocycles. The number of pyridine rings is 1. The number of benzene rings is 1. The molecular formula is C23H19F3N2O2. The third kappa shape index (κ3) is 4.58. The Kier molecular flexibility index (Phi) is 6.03. The maximum Gasteiger partial charge on any atom is 0.416 e. The first kappa shape index (κ1) is 21.3. The molecule has 0 radical (unpaired) electrons. The Morgan fingerprint density at radius 3 is 2.57 bits per heavy atom. The van der Waals surface area contributed by atoms with Crippen LogP contribution in [0.1, 0.15) is 35.5 Å². The van der Waals surface area contributed by atoms with Gasteiger partial charge in [-0.1, -0.05) is 54.2 Å². The smallest absolute Gasteiger partial charge is 0.383 e. The standard InChI is InChI=1S/C23H19F3N2O2/c1-14(2)9-10-15(3)22-19(21(29)17-7-5-11-27-13-17)20(28-30-22)16-6-4-8-18(12-16)23(24,25)26/h4-13,21,29H,1,3H2,2H3/b10-9-. The van der Waals surface area contributed by atoms with E-state index in [4.69, 9.17) is 4.52 Å². The van der Waals surface area contributed by atoms with E-state index in [9.17, 15) is 18.3 Å². The Morgan fingerprint density at radius 2 is 1.93 bits per heavy atom. The second-order valence-corrected chi connectivity index (χ2v) is 6.75. The van der Waals surface area contributed by atoms with Gasteiger partial charge in [-0.3, -0.25) is 4.98 Å². The van der Waals surface area contributed by atoms with Gasteiger partial charge in [0.15, 0.2) is 5.76 Å². The number of allylic oxidation sites excluding steroid dienone is 4. The fourth-order valence-electron chi connectivity index (χ4n) is 2.86. The lowest BCUT2D eigenvalue weighted by molar-refractivity contribution is -0.137. The maximum atomic E-state index is 13.2. The first-order valence-corrected chi connectivity index (χ1v) is 8.96. The minimum atomic E-state index is -4.52. The van der Waals surface area contributed by atoms with Crippen molar-refractivity contribution in [1.82, 2.24) is 10.1 Å². The third-order valence-corrected chi connectivity index (χ3v) is 4.33. The molecule has 1 N–H and O–H groups in total. The summed E-state index contributed by atoms with van der Waals surface area (Å²) in [5.41, 5.74) is 1.23. The van der Waals surface area contributed by atoms with Crippen molar-refractivity contribution in [1.29, 1.82) is 0 Å². The predicted octanol–water partition coefficient (Wildman–Crippen LogP) is 5.98. The van der Waals surface area contributed by atoms with Crippen molar-refractivity contribution >= 4 is 5.57 Å². The van der Waals surface area contributed by atoms with Gasteiger partial charge in [0.2, 0.25) is 0 Å². The average molecular weight is 412 g/mol. The van der Waals surface area contributed by atoms with E-state index in [0.717, 1.165) is 17.7 Å². The number of nitrogens with zero attached hydrogens (tertiary/aromatic N) is 2. The van der Waals surface area contributed by atoms with E-state index in [0.29, 0.717) is 11.1 Å². The van der Waals surface area contributed by atoms with Gasteiger partial charge in [0.05, 0.1) is 11.1 Å². The summed E-state index contributed by atoms with van der Waals surface area (Å²) >= 11 is 0. The van der Waals surface area contributed by atoms with Gasteiger partial charge in [-0.25, -0.2) is 0 Å². The van der Waals surface area contributed by atoms with Crippen LogP contribution in [0.25, 0.3) is 16.8 Å². The fraction of sp³-hybridized carbons (Fsp3) is 0.130. The number of aliphatic hydroxyl groups is 1. The van der Waals surface area contributed by atoms with Gasteiger partial charge in [0.25, 0.3) is 0 Å². The Balaban J connectivity index is 2.17. The molecule has 0 aliphatic rings. The van der Waals surface area contributed by atoms with Crippen LogP contribution in [0.15, 0.2) is 84.2 Å². The molecule has 4 nitrogen and oxygen atoms in total. The van der Waals surface area contributed by atoms with E-state index < -0.39 is 17.8 Å². The Labute approximate surface area is 171 Å². The van der Waals surface area contributed by atoms with Crippen molar-refractivity contribution in [2.75, 3.05) is 0 Å². The predicted molar refractivity (Wildman–Crippen MR) is 108 cm³/mol. The molecule has 30 heavy (non-hydrogen) atoms. The number of hydrogen-bond donors (Lipinski definition) is 1. The van der Waals surface area contributed by atoms with Crippen LogP contribution in [0.4, 0.5) is 13.2 Å². The van der Waals surface area contributed by atoms with Crippen molar-refractivity contribution in [2.45, 2.75) is 19.2 Å². The van der Waals surface area contributed by atoms with Crippen LogP contribution in [-0.4, -0.2) is 15.2 Å².